The molecule has 0 N–H and O–H groups in total. The van der Waals surface area contributed by atoms with Gasteiger partial charge in [-0.1, -0.05) is 60.7 Å². The number of hydrogen-bond acceptors (Lipinski definition) is 4. The average molecular weight is 370 g/mol. The fourth-order valence-corrected chi connectivity index (χ4v) is 2.83. The van der Waals surface area contributed by atoms with Gasteiger partial charge in [0.25, 0.3) is 0 Å². The van der Waals surface area contributed by atoms with Gasteiger partial charge in [0.05, 0.1) is 13.2 Å². The molecule has 0 aliphatic rings. The van der Waals surface area contributed by atoms with Crippen LogP contribution >= 0.6 is 0 Å². The first-order chi connectivity index (χ1) is 13.0. The molecule has 1 rings (SSSR count). The summed E-state index contributed by atoms with van der Waals surface area (Å²) in [6, 6.07) is 9.77. The number of unbranched alkanes of at least 4 members (excludes halogenated alkanes) is 1. The molecular weight excluding hydrogens is 340 g/mol. The second-order valence-corrected chi connectivity index (χ2v) is 6.28. The molecule has 0 fully saturated rings. The molecule has 1 aromatic rings. The molecular formula is C23H30O4. The van der Waals surface area contributed by atoms with Crippen LogP contribution in [0.1, 0.15) is 45.1 Å². The van der Waals surface area contributed by atoms with Crippen LogP contribution in [0, 0.1) is 5.41 Å². The van der Waals surface area contributed by atoms with Crippen LogP contribution in [-0.2, 0) is 19.1 Å². The average Bonchev–Trinajstić information content (AvgIpc) is 2.67. The highest BCUT2D eigenvalue weighted by Crippen LogP contribution is 2.36. The fraction of sp³-hybridized carbons (Fsp3) is 0.391. The quantitative estimate of drug-likeness (QED) is 0.169. The number of ether oxygens (including phenoxy) is 2. The lowest BCUT2D eigenvalue weighted by atomic mass is 9.77. The molecule has 0 saturated carbocycles. The Balaban J connectivity index is 3.09. The van der Waals surface area contributed by atoms with Crippen molar-refractivity contribution in [3.05, 3.63) is 66.8 Å². The highest BCUT2D eigenvalue weighted by atomic mass is 16.6. The summed E-state index contributed by atoms with van der Waals surface area (Å²) in [6.45, 7) is 11.6. The Morgan fingerprint density at radius 2 is 1.67 bits per heavy atom. The summed E-state index contributed by atoms with van der Waals surface area (Å²) < 4.78 is 10.5. The Morgan fingerprint density at radius 3 is 2.19 bits per heavy atom. The minimum Gasteiger partial charge on any atom is -0.465 e. The van der Waals surface area contributed by atoms with E-state index in [9.17, 15) is 9.59 Å². The van der Waals surface area contributed by atoms with Gasteiger partial charge in [0.1, 0.15) is 0 Å². The van der Waals surface area contributed by atoms with Crippen LogP contribution in [-0.4, -0.2) is 25.2 Å². The van der Waals surface area contributed by atoms with Gasteiger partial charge >= 0.3 is 11.9 Å². The van der Waals surface area contributed by atoms with Crippen LogP contribution in [0.4, 0.5) is 0 Å². The van der Waals surface area contributed by atoms with E-state index in [0.29, 0.717) is 24.8 Å². The topological polar surface area (TPSA) is 52.6 Å². The van der Waals surface area contributed by atoms with Crippen molar-refractivity contribution in [3.63, 3.8) is 0 Å². The van der Waals surface area contributed by atoms with E-state index < -0.39 is 17.4 Å². The normalized spacial score (nSPS) is 11.2. The highest BCUT2D eigenvalue weighted by molar-refractivity contribution is 6.00. The van der Waals surface area contributed by atoms with Gasteiger partial charge < -0.3 is 9.47 Å². The van der Waals surface area contributed by atoms with Crippen molar-refractivity contribution in [2.24, 2.45) is 5.41 Å². The second-order valence-electron chi connectivity index (χ2n) is 6.28. The molecule has 0 aliphatic carbocycles. The van der Waals surface area contributed by atoms with Crippen molar-refractivity contribution in [1.29, 1.82) is 0 Å². The van der Waals surface area contributed by atoms with E-state index >= 15 is 0 Å². The Morgan fingerprint density at radius 1 is 1.07 bits per heavy atom. The molecule has 27 heavy (non-hydrogen) atoms. The number of benzene rings is 1. The van der Waals surface area contributed by atoms with E-state index in [0.717, 1.165) is 5.56 Å². The summed E-state index contributed by atoms with van der Waals surface area (Å²) in [5, 5.41) is 0. The third kappa shape index (κ3) is 6.89. The van der Waals surface area contributed by atoms with Crippen molar-refractivity contribution >= 4 is 18.0 Å². The maximum Gasteiger partial charge on any atom is 0.323 e. The molecule has 1 aromatic carbocycles. The number of carbonyl (C=O) groups is 2. The SMILES string of the molecule is C=CCCCC(CC(=C)/C=C/c1ccccc1)(C(=O)OCC)C(=O)OCC. The van der Waals surface area contributed by atoms with Crippen molar-refractivity contribution in [2.75, 3.05) is 13.2 Å². The molecule has 0 aromatic heterocycles. The largest absolute Gasteiger partial charge is 0.465 e. The first-order valence-electron chi connectivity index (χ1n) is 9.36. The van der Waals surface area contributed by atoms with Gasteiger partial charge in [-0.3, -0.25) is 9.59 Å². The summed E-state index contributed by atoms with van der Waals surface area (Å²) in [5.74, 6) is -1.11. The molecule has 146 valence electrons. The molecule has 0 spiro atoms. The number of allylic oxidation sites excluding steroid dienone is 3. The molecule has 0 unspecified atom stereocenters. The number of esters is 2. The Labute approximate surface area is 162 Å². The van der Waals surface area contributed by atoms with Crippen molar-refractivity contribution < 1.29 is 19.1 Å². The number of hydrogen-bond donors (Lipinski definition) is 0. The Kier molecular flexibility index (Phi) is 9.88. The second kappa shape index (κ2) is 11.9. The minimum absolute atomic E-state index is 0.158. The molecule has 0 radical (unpaired) electrons. The van der Waals surface area contributed by atoms with Crippen LogP contribution in [0.2, 0.25) is 0 Å². The summed E-state index contributed by atoms with van der Waals surface area (Å²) >= 11 is 0. The maximum atomic E-state index is 12.8. The molecule has 0 aliphatic heterocycles. The fourth-order valence-electron chi connectivity index (χ4n) is 2.83. The molecule has 4 heteroatoms. The number of rotatable bonds is 12. The van der Waals surface area contributed by atoms with Crippen LogP contribution in [0.25, 0.3) is 6.08 Å². The smallest absolute Gasteiger partial charge is 0.323 e. The predicted octanol–water partition coefficient (Wildman–Crippen LogP) is 5.12. The number of carbonyl (C=O) groups excluding carboxylic acids is 2. The van der Waals surface area contributed by atoms with Crippen molar-refractivity contribution in [1.82, 2.24) is 0 Å². The Bertz CT molecular complexity index is 640. The van der Waals surface area contributed by atoms with Crippen molar-refractivity contribution in [2.45, 2.75) is 39.5 Å². The van der Waals surface area contributed by atoms with Crippen LogP contribution in [0.15, 0.2) is 61.2 Å². The van der Waals surface area contributed by atoms with Gasteiger partial charge in [-0.15, -0.1) is 6.58 Å². The van der Waals surface area contributed by atoms with Gasteiger partial charge in [0, 0.05) is 0 Å². The lowest BCUT2D eigenvalue weighted by Crippen LogP contribution is -2.42. The van der Waals surface area contributed by atoms with Crippen LogP contribution < -0.4 is 0 Å². The zero-order valence-corrected chi connectivity index (χ0v) is 16.4. The van der Waals surface area contributed by atoms with E-state index in [4.69, 9.17) is 9.47 Å². The van der Waals surface area contributed by atoms with Gasteiger partial charge in [-0.25, -0.2) is 0 Å². The summed E-state index contributed by atoms with van der Waals surface area (Å²) in [4.78, 5) is 25.5. The molecule has 0 bridgehead atoms. The van der Waals surface area contributed by atoms with E-state index in [1.54, 1.807) is 19.9 Å². The first kappa shape index (κ1) is 22.4. The molecule has 0 heterocycles. The molecule has 0 amide bonds. The van der Waals surface area contributed by atoms with Gasteiger partial charge in [-0.05, 0) is 45.1 Å². The predicted molar refractivity (Wildman–Crippen MR) is 109 cm³/mol. The Hall–Kier alpha value is -2.62. The van der Waals surface area contributed by atoms with Gasteiger partial charge in [0.2, 0.25) is 0 Å². The van der Waals surface area contributed by atoms with E-state index in [1.807, 2.05) is 42.5 Å². The first-order valence-corrected chi connectivity index (χ1v) is 9.36. The molecule has 0 saturated heterocycles. The molecule has 4 nitrogen and oxygen atoms in total. The third-order valence-electron chi connectivity index (χ3n) is 4.18. The van der Waals surface area contributed by atoms with Gasteiger partial charge in [0.15, 0.2) is 5.41 Å². The van der Waals surface area contributed by atoms with E-state index in [-0.39, 0.29) is 19.6 Å². The third-order valence-corrected chi connectivity index (χ3v) is 4.18. The summed E-state index contributed by atoms with van der Waals surface area (Å²) in [5.41, 5.74) is 0.300. The van der Waals surface area contributed by atoms with Crippen LogP contribution in [0.3, 0.4) is 0 Å². The van der Waals surface area contributed by atoms with E-state index in [2.05, 4.69) is 13.2 Å². The monoisotopic (exact) mass is 370 g/mol. The zero-order valence-electron chi connectivity index (χ0n) is 16.4. The van der Waals surface area contributed by atoms with Crippen LogP contribution in [0.5, 0.6) is 0 Å². The lowest BCUT2D eigenvalue weighted by molar-refractivity contribution is -0.172. The highest BCUT2D eigenvalue weighted by Gasteiger charge is 2.48. The summed E-state index contributed by atoms with van der Waals surface area (Å²) in [7, 11) is 0. The van der Waals surface area contributed by atoms with E-state index in [1.165, 1.54) is 0 Å². The standard InChI is InChI=1S/C23H30O4/c1-5-8-12-17-23(21(24)26-6-2,22(25)27-7-3)18-19(4)15-16-20-13-10-9-11-14-20/h5,9-11,13-16H,1,4,6-8,12,17-18H2,2-3H3/b16-15+. The molecule has 0 atom stereocenters. The maximum absolute atomic E-state index is 12.8. The summed E-state index contributed by atoms with van der Waals surface area (Å²) in [6.07, 6.45) is 7.33. The van der Waals surface area contributed by atoms with Gasteiger partial charge in [-0.2, -0.15) is 0 Å². The lowest BCUT2D eigenvalue weighted by Gasteiger charge is -2.29. The minimum atomic E-state index is -1.38. The zero-order chi connectivity index (χ0) is 20.1. The van der Waals surface area contributed by atoms with Crippen molar-refractivity contribution in [3.8, 4) is 0 Å².